The quantitative estimate of drug-likeness (QED) is 0.665. The van der Waals surface area contributed by atoms with E-state index in [0.717, 1.165) is 0 Å². The molecule has 0 unspecified atom stereocenters. The second-order valence-corrected chi connectivity index (χ2v) is 2.07. The topological polar surface area (TPSA) is 42.1 Å². The van der Waals surface area contributed by atoms with Crippen LogP contribution in [0.15, 0.2) is 17.1 Å². The fourth-order valence-corrected chi connectivity index (χ4v) is 0.785. The van der Waals surface area contributed by atoms with Crippen molar-refractivity contribution >= 4 is 11.6 Å². The molecule has 0 amide bonds. The van der Waals surface area contributed by atoms with Crippen molar-refractivity contribution < 1.29 is 4.74 Å². The van der Waals surface area contributed by atoms with Crippen LogP contribution in [0.3, 0.4) is 0 Å². The Hall–Kier alpha value is -0.960. The summed E-state index contributed by atoms with van der Waals surface area (Å²) in [7, 11) is 1.44. The average molecular weight is 160 g/mol. The maximum absolute atomic E-state index is 10.8. The summed E-state index contributed by atoms with van der Waals surface area (Å²) in [6.07, 6.45) is 1.48. The van der Waals surface area contributed by atoms with E-state index in [-0.39, 0.29) is 10.5 Å². The van der Waals surface area contributed by atoms with Gasteiger partial charge in [-0.25, -0.2) is 0 Å². The van der Waals surface area contributed by atoms with Crippen LogP contribution in [0.1, 0.15) is 0 Å². The highest BCUT2D eigenvalue weighted by Gasteiger charge is 2.01. The molecule has 0 radical (unpaired) electrons. The zero-order valence-electron chi connectivity index (χ0n) is 5.35. The van der Waals surface area contributed by atoms with Crippen LogP contribution < -0.4 is 10.2 Å². The molecule has 0 fully saturated rings. The highest BCUT2D eigenvalue weighted by atomic mass is 35.5. The third-order valence-electron chi connectivity index (χ3n) is 1.07. The Kier molecular flexibility index (Phi) is 1.97. The van der Waals surface area contributed by atoms with E-state index in [1.807, 2.05) is 0 Å². The van der Waals surface area contributed by atoms with Gasteiger partial charge < -0.3 is 9.72 Å². The minimum Gasteiger partial charge on any atom is -0.481 e. The SMILES string of the molecule is COc1[nH]ccc(=O)c1Cl. The van der Waals surface area contributed by atoms with Crippen molar-refractivity contribution in [2.24, 2.45) is 0 Å². The Labute approximate surface area is 62.6 Å². The van der Waals surface area contributed by atoms with Gasteiger partial charge in [-0.2, -0.15) is 0 Å². The molecule has 0 bridgehead atoms. The summed E-state index contributed by atoms with van der Waals surface area (Å²) in [6, 6.07) is 1.34. The van der Waals surface area contributed by atoms with Gasteiger partial charge in [-0.3, -0.25) is 4.79 Å². The Balaban J connectivity index is 3.28. The number of hydrogen-bond acceptors (Lipinski definition) is 2. The first-order valence-corrected chi connectivity index (χ1v) is 3.04. The molecule has 0 atom stereocenters. The zero-order valence-corrected chi connectivity index (χ0v) is 6.11. The van der Waals surface area contributed by atoms with E-state index in [9.17, 15) is 4.79 Å². The van der Waals surface area contributed by atoms with Crippen molar-refractivity contribution in [2.45, 2.75) is 0 Å². The zero-order chi connectivity index (χ0) is 7.56. The molecule has 3 nitrogen and oxygen atoms in total. The molecule has 1 N–H and O–H groups in total. The first-order chi connectivity index (χ1) is 4.75. The minimum absolute atomic E-state index is 0.0880. The number of halogens is 1. The molecule has 1 aromatic rings. The van der Waals surface area contributed by atoms with Crippen LogP contribution in [0, 0.1) is 0 Å². The Morgan fingerprint density at radius 1 is 1.70 bits per heavy atom. The molecule has 1 rings (SSSR count). The molecule has 0 spiro atoms. The van der Waals surface area contributed by atoms with Crippen molar-refractivity contribution in [3.63, 3.8) is 0 Å². The maximum Gasteiger partial charge on any atom is 0.213 e. The van der Waals surface area contributed by atoms with Gasteiger partial charge in [0.05, 0.1) is 7.11 Å². The van der Waals surface area contributed by atoms with Gasteiger partial charge in [-0.15, -0.1) is 0 Å². The van der Waals surface area contributed by atoms with Gasteiger partial charge in [0.1, 0.15) is 5.02 Å². The van der Waals surface area contributed by atoms with Gasteiger partial charge in [0.25, 0.3) is 0 Å². The van der Waals surface area contributed by atoms with Crippen LogP contribution in [0.5, 0.6) is 5.88 Å². The number of H-pyrrole nitrogens is 1. The Morgan fingerprint density at radius 3 is 2.90 bits per heavy atom. The minimum atomic E-state index is -0.239. The highest BCUT2D eigenvalue weighted by Crippen LogP contribution is 2.13. The molecule has 0 saturated carbocycles. The van der Waals surface area contributed by atoms with Crippen LogP contribution in [-0.2, 0) is 0 Å². The smallest absolute Gasteiger partial charge is 0.213 e. The molecule has 54 valence electrons. The molecule has 1 aromatic heterocycles. The summed E-state index contributed by atoms with van der Waals surface area (Å²) < 4.78 is 4.74. The van der Waals surface area contributed by atoms with Gasteiger partial charge in [-0.05, 0) is 0 Å². The van der Waals surface area contributed by atoms with Crippen molar-refractivity contribution in [3.8, 4) is 5.88 Å². The van der Waals surface area contributed by atoms with E-state index in [0.29, 0.717) is 5.88 Å². The van der Waals surface area contributed by atoms with E-state index in [1.54, 1.807) is 0 Å². The van der Waals surface area contributed by atoms with Gasteiger partial charge >= 0.3 is 0 Å². The Morgan fingerprint density at radius 2 is 2.40 bits per heavy atom. The summed E-state index contributed by atoms with van der Waals surface area (Å²) >= 11 is 5.52. The van der Waals surface area contributed by atoms with Gasteiger partial charge in [0.2, 0.25) is 11.3 Å². The molecule has 0 aliphatic carbocycles. The lowest BCUT2D eigenvalue weighted by molar-refractivity contribution is 0.397. The lowest BCUT2D eigenvalue weighted by Crippen LogP contribution is -2.02. The van der Waals surface area contributed by atoms with Crippen molar-refractivity contribution in [1.29, 1.82) is 0 Å². The average Bonchev–Trinajstić information content (AvgIpc) is 1.95. The van der Waals surface area contributed by atoms with E-state index in [4.69, 9.17) is 16.3 Å². The third-order valence-corrected chi connectivity index (χ3v) is 1.43. The molecule has 0 aliphatic rings. The van der Waals surface area contributed by atoms with Crippen molar-refractivity contribution in [2.75, 3.05) is 7.11 Å². The normalized spacial score (nSPS) is 9.40. The largest absolute Gasteiger partial charge is 0.481 e. The van der Waals surface area contributed by atoms with Crippen LogP contribution in [0.2, 0.25) is 5.02 Å². The Bertz CT molecular complexity index is 281. The van der Waals surface area contributed by atoms with Crippen LogP contribution >= 0.6 is 11.6 Å². The second-order valence-electron chi connectivity index (χ2n) is 1.69. The molecular formula is C6H6ClNO2. The van der Waals surface area contributed by atoms with Crippen LogP contribution in [0.25, 0.3) is 0 Å². The second kappa shape index (κ2) is 2.75. The molecule has 10 heavy (non-hydrogen) atoms. The molecule has 1 heterocycles. The summed E-state index contributed by atoms with van der Waals surface area (Å²) in [6.45, 7) is 0. The van der Waals surface area contributed by atoms with Crippen molar-refractivity contribution in [1.82, 2.24) is 4.98 Å². The van der Waals surface area contributed by atoms with E-state index in [2.05, 4.69) is 4.98 Å². The van der Waals surface area contributed by atoms with Gasteiger partial charge in [0.15, 0.2) is 0 Å². The van der Waals surface area contributed by atoms with Crippen molar-refractivity contribution in [3.05, 3.63) is 27.5 Å². The number of rotatable bonds is 1. The maximum atomic E-state index is 10.8. The number of ether oxygens (including phenoxy) is 1. The fourth-order valence-electron chi connectivity index (χ4n) is 0.590. The van der Waals surface area contributed by atoms with Gasteiger partial charge in [-0.1, -0.05) is 11.6 Å². The summed E-state index contributed by atoms with van der Waals surface area (Å²) in [5.41, 5.74) is -0.239. The molecule has 4 heteroatoms. The number of hydrogen-bond donors (Lipinski definition) is 1. The predicted octanol–water partition coefficient (Wildman–Crippen LogP) is 1.04. The van der Waals surface area contributed by atoms with Gasteiger partial charge in [0, 0.05) is 12.3 Å². The number of aromatic amines is 1. The summed E-state index contributed by atoms with van der Waals surface area (Å²) in [5.74, 6) is 0.300. The van der Waals surface area contributed by atoms with E-state index < -0.39 is 0 Å². The number of aromatic nitrogens is 1. The lowest BCUT2D eigenvalue weighted by atomic mass is 10.5. The third kappa shape index (κ3) is 1.14. The molecular weight excluding hydrogens is 154 g/mol. The lowest BCUT2D eigenvalue weighted by Gasteiger charge is -1.98. The molecule has 0 saturated heterocycles. The monoisotopic (exact) mass is 159 g/mol. The van der Waals surface area contributed by atoms with E-state index >= 15 is 0 Å². The molecule has 0 aromatic carbocycles. The van der Waals surface area contributed by atoms with E-state index in [1.165, 1.54) is 19.4 Å². The van der Waals surface area contributed by atoms with Crippen LogP contribution in [0.4, 0.5) is 0 Å². The first kappa shape index (κ1) is 7.15. The standard InChI is InChI=1S/C6H6ClNO2/c1-10-6-5(7)4(9)2-3-8-6/h2-3H,1H3,(H,8,9). The predicted molar refractivity (Wildman–Crippen MR) is 38.6 cm³/mol. The fraction of sp³-hybridized carbons (Fsp3) is 0.167. The highest BCUT2D eigenvalue weighted by molar-refractivity contribution is 6.31. The number of nitrogens with one attached hydrogen (secondary N) is 1. The number of pyridine rings is 1. The summed E-state index contributed by atoms with van der Waals surface area (Å²) in [5, 5.41) is 0.0880. The number of methoxy groups -OCH3 is 1. The molecule has 0 aliphatic heterocycles. The summed E-state index contributed by atoms with van der Waals surface area (Å²) in [4.78, 5) is 13.4. The van der Waals surface area contributed by atoms with Crippen LogP contribution in [-0.4, -0.2) is 12.1 Å². The first-order valence-electron chi connectivity index (χ1n) is 2.67.